The predicted molar refractivity (Wildman–Crippen MR) is 96.6 cm³/mol. The maximum atomic E-state index is 12.9. The zero-order valence-corrected chi connectivity index (χ0v) is 15.9. The van der Waals surface area contributed by atoms with Crippen molar-refractivity contribution >= 4 is 11.7 Å². The van der Waals surface area contributed by atoms with Gasteiger partial charge in [-0.1, -0.05) is 19.9 Å². The molecule has 6 nitrogen and oxygen atoms in total. The average Bonchev–Trinajstić information content (AvgIpc) is 2.57. The molecule has 0 spiro atoms. The number of hydrogen-bond donors (Lipinski definition) is 1. The highest BCUT2D eigenvalue weighted by Crippen LogP contribution is 2.49. The molecule has 1 N–H and O–H groups in total. The van der Waals surface area contributed by atoms with Crippen LogP contribution in [0.5, 0.6) is 17.2 Å². The second-order valence-electron chi connectivity index (χ2n) is 7.56. The molecule has 0 aromatic heterocycles. The number of benzene rings is 1. The summed E-state index contributed by atoms with van der Waals surface area (Å²) in [6.45, 7) is 4.09. The molecule has 0 fully saturated rings. The summed E-state index contributed by atoms with van der Waals surface area (Å²) in [5.74, 6) is 1.14. The SMILES string of the molecule is COc1ccc([C@@H]2CC(=O)NC3=C2C(=O)CC(C)(C)C3)c(OC)c1OC. The minimum atomic E-state index is -0.350. The van der Waals surface area contributed by atoms with Gasteiger partial charge in [-0.25, -0.2) is 0 Å². The van der Waals surface area contributed by atoms with Gasteiger partial charge in [0.2, 0.25) is 11.7 Å². The van der Waals surface area contributed by atoms with Crippen LogP contribution in [0.25, 0.3) is 0 Å². The van der Waals surface area contributed by atoms with Crippen LogP contribution in [0.3, 0.4) is 0 Å². The van der Waals surface area contributed by atoms with Crippen LogP contribution >= 0.6 is 0 Å². The van der Waals surface area contributed by atoms with Gasteiger partial charge in [0.05, 0.1) is 21.3 Å². The van der Waals surface area contributed by atoms with Gasteiger partial charge >= 0.3 is 0 Å². The number of Topliss-reactive ketones (excluding diaryl/α,β-unsaturated/α-hetero) is 1. The van der Waals surface area contributed by atoms with Crippen molar-refractivity contribution in [2.24, 2.45) is 5.41 Å². The van der Waals surface area contributed by atoms with Gasteiger partial charge in [0, 0.05) is 35.6 Å². The van der Waals surface area contributed by atoms with Crippen LogP contribution in [-0.4, -0.2) is 33.0 Å². The molecule has 1 amide bonds. The predicted octanol–water partition coefficient (Wildman–Crippen LogP) is 2.96. The van der Waals surface area contributed by atoms with Crippen LogP contribution in [0.4, 0.5) is 0 Å². The van der Waals surface area contributed by atoms with E-state index in [9.17, 15) is 9.59 Å². The van der Waals surface area contributed by atoms with E-state index < -0.39 is 0 Å². The Morgan fingerprint density at radius 3 is 2.31 bits per heavy atom. The maximum absolute atomic E-state index is 12.9. The average molecular weight is 359 g/mol. The van der Waals surface area contributed by atoms with Crippen molar-refractivity contribution in [1.29, 1.82) is 0 Å². The number of nitrogens with one attached hydrogen (secondary N) is 1. The fraction of sp³-hybridized carbons (Fsp3) is 0.500. The molecule has 0 unspecified atom stereocenters. The second-order valence-corrected chi connectivity index (χ2v) is 7.56. The lowest BCUT2D eigenvalue weighted by atomic mass is 9.69. The summed E-state index contributed by atoms with van der Waals surface area (Å²) in [7, 11) is 4.64. The van der Waals surface area contributed by atoms with Crippen LogP contribution in [0, 0.1) is 5.41 Å². The number of methoxy groups -OCH3 is 3. The van der Waals surface area contributed by atoms with Crippen molar-refractivity contribution in [3.8, 4) is 17.2 Å². The summed E-state index contributed by atoms with van der Waals surface area (Å²) in [6, 6.07) is 3.63. The third-order valence-corrected chi connectivity index (χ3v) is 5.06. The first-order chi connectivity index (χ1) is 12.3. The maximum Gasteiger partial charge on any atom is 0.225 e. The van der Waals surface area contributed by atoms with Crippen molar-refractivity contribution in [3.05, 3.63) is 29.0 Å². The monoisotopic (exact) mass is 359 g/mol. The van der Waals surface area contributed by atoms with Gasteiger partial charge in [-0.15, -0.1) is 0 Å². The second kappa shape index (κ2) is 6.67. The molecule has 1 aromatic carbocycles. The Morgan fingerprint density at radius 2 is 1.69 bits per heavy atom. The van der Waals surface area contributed by atoms with Crippen LogP contribution in [0.15, 0.2) is 23.4 Å². The summed E-state index contributed by atoms with van der Waals surface area (Å²) >= 11 is 0. The first-order valence-corrected chi connectivity index (χ1v) is 8.66. The molecule has 1 aliphatic carbocycles. The molecule has 0 saturated carbocycles. The quantitative estimate of drug-likeness (QED) is 0.895. The van der Waals surface area contributed by atoms with Crippen LogP contribution < -0.4 is 19.5 Å². The topological polar surface area (TPSA) is 73.9 Å². The molecule has 1 heterocycles. The van der Waals surface area contributed by atoms with E-state index in [-0.39, 0.29) is 29.4 Å². The van der Waals surface area contributed by atoms with E-state index in [2.05, 4.69) is 5.32 Å². The minimum Gasteiger partial charge on any atom is -0.493 e. The lowest BCUT2D eigenvalue weighted by Gasteiger charge is -2.38. The Hall–Kier alpha value is -2.50. The van der Waals surface area contributed by atoms with E-state index in [0.717, 1.165) is 11.3 Å². The molecule has 1 aliphatic heterocycles. The fourth-order valence-electron chi connectivity index (χ4n) is 4.02. The molecule has 0 saturated heterocycles. The van der Waals surface area contributed by atoms with E-state index in [1.807, 2.05) is 19.9 Å². The van der Waals surface area contributed by atoms with Gasteiger partial charge in [0.15, 0.2) is 17.3 Å². The van der Waals surface area contributed by atoms with Crippen molar-refractivity contribution in [2.75, 3.05) is 21.3 Å². The number of hydrogen-bond acceptors (Lipinski definition) is 5. The summed E-state index contributed by atoms with van der Waals surface area (Å²) in [5, 5.41) is 2.92. The van der Waals surface area contributed by atoms with Crippen molar-refractivity contribution < 1.29 is 23.8 Å². The van der Waals surface area contributed by atoms with Crippen molar-refractivity contribution in [1.82, 2.24) is 5.32 Å². The lowest BCUT2D eigenvalue weighted by Crippen LogP contribution is -2.40. The standard InChI is InChI=1S/C20H25NO5/c1-20(2)9-13-17(14(22)10-20)12(8-16(23)21-13)11-6-7-15(24-3)19(26-5)18(11)25-4/h6-7,12H,8-10H2,1-5H3,(H,21,23)/t12-/m0/s1. The molecule has 2 aliphatic rings. The van der Waals surface area contributed by atoms with Gasteiger partial charge in [-0.05, 0) is 17.9 Å². The number of carbonyl (C=O) groups excluding carboxylic acids is 2. The zero-order chi connectivity index (χ0) is 19.1. The van der Waals surface area contributed by atoms with E-state index in [1.165, 1.54) is 7.11 Å². The molecule has 0 bridgehead atoms. The Labute approximate surface area is 153 Å². The number of ketones is 1. The highest BCUT2D eigenvalue weighted by atomic mass is 16.5. The van der Waals surface area contributed by atoms with Crippen molar-refractivity contribution in [3.63, 3.8) is 0 Å². The largest absolute Gasteiger partial charge is 0.493 e. The van der Waals surface area contributed by atoms with Gasteiger partial charge in [-0.3, -0.25) is 9.59 Å². The van der Waals surface area contributed by atoms with Crippen molar-refractivity contribution in [2.45, 2.75) is 39.0 Å². The summed E-state index contributed by atoms with van der Waals surface area (Å²) < 4.78 is 16.4. The molecule has 1 aromatic rings. The summed E-state index contributed by atoms with van der Waals surface area (Å²) in [4.78, 5) is 25.2. The smallest absolute Gasteiger partial charge is 0.225 e. The number of allylic oxidation sites excluding steroid dienone is 2. The Balaban J connectivity index is 2.17. The Bertz CT molecular complexity index is 794. The summed E-state index contributed by atoms with van der Waals surface area (Å²) in [6.07, 6.45) is 1.34. The zero-order valence-electron chi connectivity index (χ0n) is 15.9. The molecule has 26 heavy (non-hydrogen) atoms. The fourth-order valence-corrected chi connectivity index (χ4v) is 4.02. The first kappa shape index (κ1) is 18.3. The van der Waals surface area contributed by atoms with E-state index in [0.29, 0.717) is 35.7 Å². The molecule has 6 heteroatoms. The Kier molecular flexibility index (Phi) is 4.69. The lowest BCUT2D eigenvalue weighted by molar-refractivity contribution is -0.122. The number of carbonyl (C=O) groups is 2. The molecule has 140 valence electrons. The van der Waals surface area contributed by atoms with Gasteiger partial charge in [0.25, 0.3) is 0 Å². The number of amides is 1. The highest BCUT2D eigenvalue weighted by Gasteiger charge is 2.41. The first-order valence-electron chi connectivity index (χ1n) is 8.66. The van der Waals surface area contributed by atoms with E-state index >= 15 is 0 Å². The third-order valence-electron chi connectivity index (χ3n) is 5.06. The van der Waals surface area contributed by atoms with E-state index in [4.69, 9.17) is 14.2 Å². The van der Waals surface area contributed by atoms with Crippen LogP contribution in [0.1, 0.15) is 44.6 Å². The third kappa shape index (κ3) is 3.04. The molecular formula is C20H25NO5. The van der Waals surface area contributed by atoms with Gasteiger partial charge in [0.1, 0.15) is 0 Å². The van der Waals surface area contributed by atoms with E-state index in [1.54, 1.807) is 20.3 Å². The minimum absolute atomic E-state index is 0.0816. The van der Waals surface area contributed by atoms with Gasteiger partial charge < -0.3 is 19.5 Å². The normalized spacial score (nSPS) is 21.8. The van der Waals surface area contributed by atoms with Crippen LogP contribution in [0.2, 0.25) is 0 Å². The molecule has 1 atom stereocenters. The molecule has 3 rings (SSSR count). The molecule has 0 radical (unpaired) electrons. The van der Waals surface area contributed by atoms with Crippen LogP contribution in [-0.2, 0) is 9.59 Å². The number of rotatable bonds is 4. The Morgan fingerprint density at radius 1 is 1.00 bits per heavy atom. The number of ether oxygens (including phenoxy) is 3. The summed E-state index contributed by atoms with van der Waals surface area (Å²) in [5.41, 5.74) is 2.03. The molecular weight excluding hydrogens is 334 g/mol. The van der Waals surface area contributed by atoms with Gasteiger partial charge in [-0.2, -0.15) is 0 Å². The highest BCUT2D eigenvalue weighted by molar-refractivity contribution is 6.02.